The lowest BCUT2D eigenvalue weighted by Gasteiger charge is -2.23. The first-order valence-electron chi connectivity index (χ1n) is 10.2. The first-order valence-corrected chi connectivity index (χ1v) is 11.7. The van der Waals surface area contributed by atoms with Gasteiger partial charge in [-0.1, -0.05) is 35.9 Å². The van der Waals surface area contributed by atoms with E-state index in [0.29, 0.717) is 27.6 Å². The molecule has 4 aromatic rings. The van der Waals surface area contributed by atoms with Crippen molar-refractivity contribution in [3.8, 4) is 5.75 Å². The second-order valence-electron chi connectivity index (χ2n) is 7.30. The fourth-order valence-electron chi connectivity index (χ4n) is 3.35. The van der Waals surface area contributed by atoms with E-state index in [2.05, 4.69) is 0 Å². The highest BCUT2D eigenvalue weighted by Gasteiger charge is 2.33. The lowest BCUT2D eigenvalue weighted by molar-refractivity contribution is 0.100. The number of carbonyl (C=O) groups excluding carboxylic acids is 1. The van der Waals surface area contributed by atoms with Crippen LogP contribution in [0.25, 0.3) is 11.0 Å². The van der Waals surface area contributed by atoms with Crippen molar-refractivity contribution < 1.29 is 22.4 Å². The van der Waals surface area contributed by atoms with Gasteiger partial charge in [-0.15, -0.1) is 0 Å². The highest BCUT2D eigenvalue weighted by Crippen LogP contribution is 2.28. The summed E-state index contributed by atoms with van der Waals surface area (Å²) in [5.74, 6) is -0.495. The summed E-state index contributed by atoms with van der Waals surface area (Å²) in [6.07, 6.45) is 0. The van der Waals surface area contributed by atoms with E-state index in [-0.39, 0.29) is 10.6 Å². The number of ether oxygens (including phenoxy) is 1. The molecule has 0 atom stereocenters. The maximum Gasteiger partial charge on any atom is 0.349 e. The summed E-state index contributed by atoms with van der Waals surface area (Å²) in [6.45, 7) is 4.08. The molecule has 33 heavy (non-hydrogen) atoms. The molecule has 0 spiro atoms. The Balaban J connectivity index is 1.88. The molecule has 1 amide bonds. The molecule has 8 heteroatoms. The molecular weight excluding hydrogens is 442 g/mol. The average molecular weight is 464 g/mol. The van der Waals surface area contributed by atoms with Crippen molar-refractivity contribution >= 4 is 32.6 Å². The quantitative estimate of drug-likeness (QED) is 0.390. The van der Waals surface area contributed by atoms with Crippen molar-refractivity contribution in [1.29, 1.82) is 0 Å². The van der Waals surface area contributed by atoms with E-state index in [1.54, 1.807) is 48.5 Å². The number of benzene rings is 3. The zero-order valence-electron chi connectivity index (χ0n) is 18.0. The normalized spacial score (nSPS) is 11.3. The summed E-state index contributed by atoms with van der Waals surface area (Å²) in [4.78, 5) is 26.1. The Hall–Kier alpha value is -3.91. The molecule has 0 fully saturated rings. The minimum absolute atomic E-state index is 0.0663. The summed E-state index contributed by atoms with van der Waals surface area (Å²) in [7, 11) is -4.35. The number of hydrogen-bond donors (Lipinski definition) is 0. The summed E-state index contributed by atoms with van der Waals surface area (Å²) in [6, 6.07) is 20.2. The Bertz CT molecular complexity index is 1470. The van der Waals surface area contributed by atoms with Crippen LogP contribution in [0.3, 0.4) is 0 Å². The molecule has 1 heterocycles. The van der Waals surface area contributed by atoms with Gasteiger partial charge >= 0.3 is 5.63 Å². The van der Waals surface area contributed by atoms with E-state index < -0.39 is 27.1 Å². The fraction of sp³-hybridized carbons (Fsp3) is 0.120. The van der Waals surface area contributed by atoms with Gasteiger partial charge in [0, 0.05) is 5.39 Å². The minimum atomic E-state index is -4.35. The van der Waals surface area contributed by atoms with Gasteiger partial charge in [-0.2, -0.15) is 4.31 Å². The Morgan fingerprint density at radius 2 is 1.64 bits per heavy atom. The van der Waals surface area contributed by atoms with Crippen molar-refractivity contribution in [1.82, 2.24) is 0 Å². The standard InChI is InChI=1S/C25H21NO6S/c1-3-31-20-12-10-19(11-13-20)26(33(29,30)21-14-8-17(2)9-15-21)24(27)22-16-18-6-4-5-7-23(18)32-25(22)28/h4-16H,3H2,1-2H3. The van der Waals surface area contributed by atoms with Crippen LogP contribution >= 0.6 is 0 Å². The zero-order valence-corrected chi connectivity index (χ0v) is 18.8. The van der Waals surface area contributed by atoms with E-state index in [1.807, 2.05) is 13.8 Å². The van der Waals surface area contributed by atoms with Gasteiger partial charge in [0.1, 0.15) is 16.9 Å². The van der Waals surface area contributed by atoms with E-state index >= 15 is 0 Å². The van der Waals surface area contributed by atoms with Crippen LogP contribution in [0.5, 0.6) is 5.75 Å². The number of para-hydroxylation sites is 1. The van der Waals surface area contributed by atoms with E-state index in [9.17, 15) is 18.0 Å². The predicted octanol–water partition coefficient (Wildman–Crippen LogP) is 4.54. The Morgan fingerprint density at radius 1 is 0.970 bits per heavy atom. The minimum Gasteiger partial charge on any atom is -0.494 e. The van der Waals surface area contributed by atoms with Gasteiger partial charge < -0.3 is 9.15 Å². The highest BCUT2D eigenvalue weighted by molar-refractivity contribution is 7.93. The number of fused-ring (bicyclic) bond motifs is 1. The largest absolute Gasteiger partial charge is 0.494 e. The highest BCUT2D eigenvalue weighted by atomic mass is 32.2. The van der Waals surface area contributed by atoms with Crippen molar-refractivity contribution in [3.05, 3.63) is 100 Å². The molecule has 1 aromatic heterocycles. The molecule has 0 aliphatic rings. The predicted molar refractivity (Wildman–Crippen MR) is 125 cm³/mol. The van der Waals surface area contributed by atoms with Crippen LogP contribution in [0.1, 0.15) is 22.8 Å². The smallest absolute Gasteiger partial charge is 0.349 e. The zero-order chi connectivity index (χ0) is 23.6. The van der Waals surface area contributed by atoms with Gasteiger partial charge in [-0.05, 0) is 62.4 Å². The Labute approximate surface area is 190 Å². The maximum absolute atomic E-state index is 13.6. The van der Waals surface area contributed by atoms with E-state index in [4.69, 9.17) is 9.15 Å². The molecule has 0 radical (unpaired) electrons. The molecule has 0 aliphatic carbocycles. The van der Waals surface area contributed by atoms with Crippen molar-refractivity contribution in [2.45, 2.75) is 18.7 Å². The number of hydrogen-bond acceptors (Lipinski definition) is 6. The van der Waals surface area contributed by atoms with Crippen LogP contribution in [0.2, 0.25) is 0 Å². The average Bonchev–Trinajstić information content (AvgIpc) is 2.80. The van der Waals surface area contributed by atoms with Gasteiger partial charge in [-0.25, -0.2) is 13.2 Å². The summed E-state index contributed by atoms with van der Waals surface area (Å²) in [5.41, 5.74) is -0.0836. The van der Waals surface area contributed by atoms with E-state index in [0.717, 1.165) is 5.56 Å². The lowest BCUT2D eigenvalue weighted by atomic mass is 10.1. The number of amides is 1. The van der Waals surface area contributed by atoms with Gasteiger partial charge in [0.2, 0.25) is 0 Å². The fourth-order valence-corrected chi connectivity index (χ4v) is 4.75. The third kappa shape index (κ3) is 4.38. The van der Waals surface area contributed by atoms with Crippen molar-refractivity contribution in [2.24, 2.45) is 0 Å². The first kappa shape index (κ1) is 22.3. The number of nitrogens with zero attached hydrogens (tertiary/aromatic N) is 1. The van der Waals surface area contributed by atoms with E-state index in [1.165, 1.54) is 30.3 Å². The third-order valence-corrected chi connectivity index (χ3v) is 6.72. The molecule has 3 aromatic carbocycles. The molecule has 0 unspecified atom stereocenters. The second-order valence-corrected chi connectivity index (χ2v) is 9.09. The topological polar surface area (TPSA) is 93.9 Å². The van der Waals surface area contributed by atoms with Crippen molar-refractivity contribution in [2.75, 3.05) is 10.9 Å². The van der Waals surface area contributed by atoms with Crippen LogP contribution in [-0.2, 0) is 10.0 Å². The van der Waals surface area contributed by atoms with Gasteiger partial charge in [0.15, 0.2) is 0 Å². The van der Waals surface area contributed by atoms with Gasteiger partial charge in [0.25, 0.3) is 15.9 Å². The van der Waals surface area contributed by atoms with Crippen LogP contribution in [0, 0.1) is 6.92 Å². The number of sulfonamides is 1. The van der Waals surface area contributed by atoms with Crippen molar-refractivity contribution in [3.63, 3.8) is 0 Å². The Morgan fingerprint density at radius 3 is 2.30 bits per heavy atom. The number of rotatable bonds is 6. The summed E-state index contributed by atoms with van der Waals surface area (Å²) in [5, 5.41) is 0.500. The molecular formula is C25H21NO6S. The number of anilines is 1. The van der Waals surface area contributed by atoms with Crippen LogP contribution < -0.4 is 14.7 Å². The molecule has 0 N–H and O–H groups in total. The molecule has 168 valence electrons. The Kier molecular flexibility index (Phi) is 6.02. The monoisotopic (exact) mass is 463 g/mol. The van der Waals surface area contributed by atoms with Crippen LogP contribution in [0.15, 0.2) is 93.0 Å². The molecule has 0 saturated carbocycles. The molecule has 0 saturated heterocycles. The third-order valence-electron chi connectivity index (χ3n) is 5.00. The second kappa shape index (κ2) is 8.91. The van der Waals surface area contributed by atoms with Crippen LogP contribution in [-0.4, -0.2) is 20.9 Å². The molecule has 7 nitrogen and oxygen atoms in total. The molecule has 4 rings (SSSR count). The summed E-state index contributed by atoms with van der Waals surface area (Å²) < 4.78 is 38.5. The number of aryl methyl sites for hydroxylation is 1. The number of carbonyl (C=O) groups is 1. The van der Waals surface area contributed by atoms with Gasteiger partial charge in [0.05, 0.1) is 17.2 Å². The van der Waals surface area contributed by atoms with Gasteiger partial charge in [-0.3, -0.25) is 4.79 Å². The SMILES string of the molecule is CCOc1ccc(N(C(=O)c2cc3ccccc3oc2=O)S(=O)(=O)c2ccc(C)cc2)cc1. The lowest BCUT2D eigenvalue weighted by Crippen LogP contribution is -2.39. The summed E-state index contributed by atoms with van der Waals surface area (Å²) >= 11 is 0. The first-order chi connectivity index (χ1) is 15.8. The van der Waals surface area contributed by atoms with Crippen LogP contribution in [0.4, 0.5) is 5.69 Å². The molecule has 0 aliphatic heterocycles. The maximum atomic E-state index is 13.6. The molecule has 0 bridgehead atoms.